The Morgan fingerprint density at radius 2 is 1.57 bits per heavy atom. The van der Waals surface area contributed by atoms with Crippen molar-refractivity contribution in [3.63, 3.8) is 0 Å². The van der Waals surface area contributed by atoms with Gasteiger partial charge in [0.1, 0.15) is 6.04 Å². The predicted molar refractivity (Wildman–Crippen MR) is 103 cm³/mol. The zero-order valence-electron chi connectivity index (χ0n) is 17.7. The van der Waals surface area contributed by atoms with Gasteiger partial charge in [-0.3, -0.25) is 24.4 Å². The van der Waals surface area contributed by atoms with Gasteiger partial charge in [0.25, 0.3) is 0 Å². The number of hydrogen-bond acceptors (Lipinski definition) is 5. The first-order valence-electron chi connectivity index (χ1n) is 9.53. The number of rotatable bonds is 11. The summed E-state index contributed by atoms with van der Waals surface area (Å²) in [5.41, 5.74) is 0.934. The van der Waals surface area contributed by atoms with Crippen LogP contribution in [-0.4, -0.2) is 46.6 Å². The first kappa shape index (κ1) is 25.8. The molecule has 3 amide bonds. The second-order valence-corrected chi connectivity index (χ2v) is 8.69. The largest absolute Gasteiger partial charge is 0.481 e. The number of aliphatic carboxylic acids is 1. The van der Waals surface area contributed by atoms with Crippen molar-refractivity contribution in [1.82, 2.24) is 16.1 Å². The molecule has 0 aliphatic carbocycles. The third kappa shape index (κ3) is 9.68. The van der Waals surface area contributed by atoms with Crippen LogP contribution >= 0.6 is 0 Å². The van der Waals surface area contributed by atoms with Crippen LogP contribution in [0.3, 0.4) is 0 Å². The maximum absolute atomic E-state index is 12.7. The van der Waals surface area contributed by atoms with E-state index in [-0.39, 0.29) is 25.3 Å². The molecule has 9 heteroatoms. The summed E-state index contributed by atoms with van der Waals surface area (Å²) in [6.45, 7) is 11.0. The van der Waals surface area contributed by atoms with Gasteiger partial charge in [-0.15, -0.1) is 0 Å². The Labute approximate surface area is 166 Å². The van der Waals surface area contributed by atoms with Gasteiger partial charge in [-0.1, -0.05) is 41.5 Å². The highest BCUT2D eigenvalue weighted by Crippen LogP contribution is 2.22. The lowest BCUT2D eigenvalue weighted by Crippen LogP contribution is -2.55. The van der Waals surface area contributed by atoms with E-state index in [9.17, 15) is 19.2 Å². The molecule has 3 atom stereocenters. The monoisotopic (exact) mass is 401 g/mol. The molecular weight excluding hydrogens is 366 g/mol. The third-order valence-electron chi connectivity index (χ3n) is 4.40. The highest BCUT2D eigenvalue weighted by molar-refractivity contribution is 5.91. The van der Waals surface area contributed by atoms with Crippen molar-refractivity contribution >= 4 is 23.7 Å². The van der Waals surface area contributed by atoms with Crippen LogP contribution in [0.1, 0.15) is 60.8 Å². The number of carbonyl (C=O) groups is 4. The van der Waals surface area contributed by atoms with Crippen molar-refractivity contribution in [1.29, 1.82) is 0 Å². The van der Waals surface area contributed by atoms with Gasteiger partial charge in [-0.25, -0.2) is 5.48 Å². The minimum atomic E-state index is -0.936. The quantitative estimate of drug-likeness (QED) is 0.261. The number of nitrogens with one attached hydrogen (secondary N) is 3. The number of carboxylic acid groups (broad SMARTS) is 1. The Bertz CT molecular complexity index is 556. The molecule has 0 fully saturated rings. The van der Waals surface area contributed by atoms with Crippen LogP contribution < -0.4 is 16.1 Å². The van der Waals surface area contributed by atoms with E-state index in [2.05, 4.69) is 10.6 Å². The standard InChI is InChI=1S/C19H35N3O6/c1-11(2)9-13(10-14(23)22-28)16(24)21-15(19(4,5)6)17(25)20-8-7-12(3)18(26)27/h11-13,15,28H,7-10H2,1-6H3,(H,20,25)(H,21,24)(H,22,23)(H,26,27)/t12?,13-,15-/m1/s1. The van der Waals surface area contributed by atoms with Crippen molar-refractivity contribution in [2.75, 3.05) is 6.54 Å². The average molecular weight is 402 g/mol. The normalized spacial score (nSPS) is 14.7. The van der Waals surface area contributed by atoms with E-state index in [1.165, 1.54) is 5.48 Å². The Morgan fingerprint density at radius 1 is 1.00 bits per heavy atom. The third-order valence-corrected chi connectivity index (χ3v) is 4.40. The Morgan fingerprint density at radius 3 is 2.00 bits per heavy atom. The minimum Gasteiger partial charge on any atom is -0.481 e. The molecular formula is C19H35N3O6. The van der Waals surface area contributed by atoms with Gasteiger partial charge < -0.3 is 15.7 Å². The van der Waals surface area contributed by atoms with E-state index < -0.39 is 47.0 Å². The molecule has 0 rings (SSSR count). The summed E-state index contributed by atoms with van der Waals surface area (Å²) in [7, 11) is 0. The molecule has 1 unspecified atom stereocenters. The summed E-state index contributed by atoms with van der Waals surface area (Å²) in [6.07, 6.45) is 0.515. The second kappa shape index (κ2) is 11.6. The SMILES string of the molecule is CC(C)C[C@H](CC(=O)NO)C(=O)N[C@H](C(=O)NCCC(C)C(=O)O)C(C)(C)C. The predicted octanol–water partition coefficient (Wildman–Crippen LogP) is 1.30. The molecule has 0 aromatic carbocycles. The Hall–Kier alpha value is -2.16. The van der Waals surface area contributed by atoms with E-state index in [1.807, 2.05) is 13.8 Å². The molecule has 0 bridgehead atoms. The van der Waals surface area contributed by atoms with Crippen molar-refractivity contribution in [2.45, 2.75) is 66.8 Å². The van der Waals surface area contributed by atoms with Gasteiger partial charge in [0.2, 0.25) is 17.7 Å². The van der Waals surface area contributed by atoms with E-state index in [1.54, 1.807) is 27.7 Å². The number of carbonyl (C=O) groups excluding carboxylic acids is 3. The van der Waals surface area contributed by atoms with Gasteiger partial charge in [0.15, 0.2) is 0 Å². The fourth-order valence-corrected chi connectivity index (χ4v) is 2.69. The minimum absolute atomic E-state index is 0.140. The fraction of sp³-hybridized carbons (Fsp3) is 0.789. The molecule has 0 saturated carbocycles. The zero-order chi connectivity index (χ0) is 22.1. The van der Waals surface area contributed by atoms with Gasteiger partial charge in [-0.05, 0) is 24.2 Å². The lowest BCUT2D eigenvalue weighted by atomic mass is 9.85. The van der Waals surface area contributed by atoms with Gasteiger partial charge in [-0.2, -0.15) is 0 Å². The molecule has 5 N–H and O–H groups in total. The molecule has 0 aliphatic rings. The number of carboxylic acids is 1. The molecule has 0 radical (unpaired) electrons. The second-order valence-electron chi connectivity index (χ2n) is 8.69. The lowest BCUT2D eigenvalue weighted by Gasteiger charge is -2.32. The fourth-order valence-electron chi connectivity index (χ4n) is 2.69. The molecule has 9 nitrogen and oxygen atoms in total. The average Bonchev–Trinajstić information content (AvgIpc) is 2.56. The van der Waals surface area contributed by atoms with Crippen molar-refractivity contribution < 1.29 is 29.5 Å². The van der Waals surface area contributed by atoms with Crippen LogP contribution in [0.5, 0.6) is 0 Å². The van der Waals surface area contributed by atoms with Gasteiger partial charge in [0, 0.05) is 18.9 Å². The summed E-state index contributed by atoms with van der Waals surface area (Å²) in [6, 6.07) is -0.855. The van der Waals surface area contributed by atoms with Crippen molar-refractivity contribution in [2.24, 2.45) is 23.2 Å². The van der Waals surface area contributed by atoms with E-state index in [0.29, 0.717) is 6.42 Å². The van der Waals surface area contributed by atoms with Crippen LogP contribution in [0.15, 0.2) is 0 Å². The Balaban J connectivity index is 5.13. The molecule has 162 valence electrons. The van der Waals surface area contributed by atoms with Gasteiger partial charge >= 0.3 is 5.97 Å². The van der Waals surface area contributed by atoms with Crippen LogP contribution in [0, 0.1) is 23.2 Å². The number of amides is 3. The summed E-state index contributed by atoms with van der Waals surface area (Å²) < 4.78 is 0. The van der Waals surface area contributed by atoms with Gasteiger partial charge in [0.05, 0.1) is 5.92 Å². The summed E-state index contributed by atoms with van der Waals surface area (Å²) in [5.74, 6) is -3.58. The molecule has 0 saturated heterocycles. The van der Waals surface area contributed by atoms with Crippen molar-refractivity contribution in [3.05, 3.63) is 0 Å². The molecule has 0 heterocycles. The molecule has 28 heavy (non-hydrogen) atoms. The highest BCUT2D eigenvalue weighted by atomic mass is 16.5. The summed E-state index contributed by atoms with van der Waals surface area (Å²) in [4.78, 5) is 47.7. The topological polar surface area (TPSA) is 145 Å². The van der Waals surface area contributed by atoms with Crippen LogP contribution in [0.25, 0.3) is 0 Å². The molecule has 0 aliphatic heterocycles. The first-order chi connectivity index (χ1) is 12.8. The van der Waals surface area contributed by atoms with Crippen LogP contribution in [-0.2, 0) is 19.2 Å². The maximum Gasteiger partial charge on any atom is 0.306 e. The lowest BCUT2D eigenvalue weighted by molar-refractivity contribution is -0.141. The molecule has 0 aromatic rings. The van der Waals surface area contributed by atoms with E-state index in [0.717, 1.165) is 0 Å². The number of hydrogen-bond donors (Lipinski definition) is 5. The maximum atomic E-state index is 12.7. The van der Waals surface area contributed by atoms with Crippen molar-refractivity contribution in [3.8, 4) is 0 Å². The summed E-state index contributed by atoms with van der Waals surface area (Å²) in [5, 5.41) is 23.1. The molecule has 0 spiro atoms. The number of hydroxylamine groups is 1. The van der Waals surface area contributed by atoms with Crippen LogP contribution in [0.2, 0.25) is 0 Å². The smallest absolute Gasteiger partial charge is 0.306 e. The zero-order valence-corrected chi connectivity index (χ0v) is 17.7. The van der Waals surface area contributed by atoms with Crippen LogP contribution in [0.4, 0.5) is 0 Å². The Kier molecular flexibility index (Phi) is 10.7. The highest BCUT2D eigenvalue weighted by Gasteiger charge is 2.35. The first-order valence-corrected chi connectivity index (χ1v) is 9.53. The van der Waals surface area contributed by atoms with E-state index >= 15 is 0 Å². The summed E-state index contributed by atoms with van der Waals surface area (Å²) >= 11 is 0. The molecule has 0 aromatic heterocycles. The van der Waals surface area contributed by atoms with E-state index in [4.69, 9.17) is 10.3 Å².